The molecule has 104 valence electrons. The number of hydrogen-bond donors (Lipinski definition) is 1. The molecule has 0 unspecified atom stereocenters. The normalized spacial score (nSPS) is 15.1. The molecule has 1 aliphatic rings. The summed E-state index contributed by atoms with van der Waals surface area (Å²) in [5.74, 6) is 0. The average Bonchev–Trinajstić information content (AvgIpc) is 2.43. The Balaban J connectivity index is 1.76. The zero-order valence-electron chi connectivity index (χ0n) is 11.1. The van der Waals surface area contributed by atoms with Gasteiger partial charge in [-0.15, -0.1) is 0 Å². The summed E-state index contributed by atoms with van der Waals surface area (Å²) >= 11 is 12.0. The van der Waals surface area contributed by atoms with Crippen LogP contribution in [-0.2, 0) is 19.5 Å². The zero-order valence-corrected chi connectivity index (χ0v) is 12.6. The minimum Gasteiger partial charge on any atom is -0.398 e. The Morgan fingerprint density at radius 2 is 1.95 bits per heavy atom. The van der Waals surface area contributed by atoms with Gasteiger partial charge in [0.25, 0.3) is 0 Å². The van der Waals surface area contributed by atoms with E-state index >= 15 is 0 Å². The molecule has 0 aliphatic carbocycles. The maximum absolute atomic E-state index is 6.07. The van der Waals surface area contributed by atoms with Gasteiger partial charge in [0.2, 0.25) is 0 Å². The van der Waals surface area contributed by atoms with Crippen LogP contribution in [0.3, 0.4) is 0 Å². The lowest BCUT2D eigenvalue weighted by molar-refractivity contribution is 0.246. The second-order valence-electron chi connectivity index (χ2n) is 5.19. The highest BCUT2D eigenvalue weighted by Crippen LogP contribution is 2.27. The summed E-state index contributed by atoms with van der Waals surface area (Å²) in [6, 6.07) is 12.0. The van der Waals surface area contributed by atoms with Gasteiger partial charge in [0.05, 0.1) is 10.0 Å². The predicted molar refractivity (Wildman–Crippen MR) is 85.1 cm³/mol. The van der Waals surface area contributed by atoms with E-state index < -0.39 is 0 Å². The van der Waals surface area contributed by atoms with Crippen LogP contribution in [0.1, 0.15) is 16.7 Å². The minimum absolute atomic E-state index is 0.604. The van der Waals surface area contributed by atoms with Crippen molar-refractivity contribution < 1.29 is 0 Å². The second-order valence-corrected chi connectivity index (χ2v) is 6.01. The molecule has 0 saturated carbocycles. The van der Waals surface area contributed by atoms with E-state index in [0.717, 1.165) is 31.7 Å². The standard InChI is InChI=1S/C16H16Cl2N2/c17-14-5-4-11(8-15(14)18)9-20-7-6-13-12(10-20)2-1-3-16(13)19/h1-5,8H,6-7,9-10,19H2. The Morgan fingerprint density at radius 3 is 2.75 bits per heavy atom. The first-order valence-corrected chi connectivity index (χ1v) is 7.41. The number of hydrogen-bond acceptors (Lipinski definition) is 2. The summed E-state index contributed by atoms with van der Waals surface area (Å²) in [5.41, 5.74) is 10.8. The third-order valence-corrected chi connectivity index (χ3v) is 4.51. The second kappa shape index (κ2) is 5.65. The molecule has 1 heterocycles. The van der Waals surface area contributed by atoms with Gasteiger partial charge in [0.15, 0.2) is 0 Å². The van der Waals surface area contributed by atoms with Crippen molar-refractivity contribution in [3.8, 4) is 0 Å². The van der Waals surface area contributed by atoms with E-state index in [2.05, 4.69) is 11.0 Å². The van der Waals surface area contributed by atoms with Gasteiger partial charge in [-0.3, -0.25) is 4.90 Å². The molecule has 2 aromatic carbocycles. The van der Waals surface area contributed by atoms with Gasteiger partial charge in [0, 0.05) is 25.3 Å². The van der Waals surface area contributed by atoms with Crippen LogP contribution in [0.5, 0.6) is 0 Å². The van der Waals surface area contributed by atoms with Gasteiger partial charge in [-0.1, -0.05) is 41.4 Å². The first-order chi connectivity index (χ1) is 9.63. The van der Waals surface area contributed by atoms with Crippen molar-refractivity contribution in [3.63, 3.8) is 0 Å². The molecule has 2 nitrogen and oxygen atoms in total. The van der Waals surface area contributed by atoms with E-state index in [-0.39, 0.29) is 0 Å². The molecule has 3 rings (SSSR count). The van der Waals surface area contributed by atoms with Gasteiger partial charge >= 0.3 is 0 Å². The maximum atomic E-state index is 6.07. The molecule has 1 aliphatic heterocycles. The van der Waals surface area contributed by atoms with Crippen LogP contribution in [0.4, 0.5) is 5.69 Å². The summed E-state index contributed by atoms with van der Waals surface area (Å²) in [4.78, 5) is 2.40. The van der Waals surface area contributed by atoms with Crippen molar-refractivity contribution >= 4 is 28.9 Å². The summed E-state index contributed by atoms with van der Waals surface area (Å²) in [6.45, 7) is 2.83. The van der Waals surface area contributed by atoms with E-state index in [9.17, 15) is 0 Å². The van der Waals surface area contributed by atoms with Crippen LogP contribution in [0.15, 0.2) is 36.4 Å². The molecule has 0 fully saturated rings. The molecule has 0 amide bonds. The Morgan fingerprint density at radius 1 is 1.10 bits per heavy atom. The highest BCUT2D eigenvalue weighted by Gasteiger charge is 2.18. The fourth-order valence-electron chi connectivity index (χ4n) is 2.73. The number of halogens is 2. The smallest absolute Gasteiger partial charge is 0.0595 e. The van der Waals surface area contributed by atoms with Crippen LogP contribution in [0.2, 0.25) is 10.0 Å². The average molecular weight is 307 g/mol. The van der Waals surface area contributed by atoms with Gasteiger partial charge < -0.3 is 5.73 Å². The van der Waals surface area contributed by atoms with Gasteiger partial charge in [-0.25, -0.2) is 0 Å². The molecule has 20 heavy (non-hydrogen) atoms. The molecular formula is C16H16Cl2N2. The number of nitrogens with two attached hydrogens (primary N) is 1. The van der Waals surface area contributed by atoms with Crippen LogP contribution >= 0.6 is 23.2 Å². The van der Waals surface area contributed by atoms with Crippen molar-refractivity contribution in [1.29, 1.82) is 0 Å². The molecule has 0 radical (unpaired) electrons. The highest BCUT2D eigenvalue weighted by molar-refractivity contribution is 6.42. The number of nitrogens with zero attached hydrogens (tertiary/aromatic N) is 1. The van der Waals surface area contributed by atoms with Crippen LogP contribution < -0.4 is 5.73 Å². The first kappa shape index (κ1) is 13.7. The Labute approximate surface area is 129 Å². The summed E-state index contributed by atoms with van der Waals surface area (Å²) in [7, 11) is 0. The van der Waals surface area contributed by atoms with E-state index in [1.54, 1.807) is 0 Å². The van der Waals surface area contributed by atoms with E-state index in [0.29, 0.717) is 10.0 Å². The van der Waals surface area contributed by atoms with Crippen LogP contribution in [-0.4, -0.2) is 11.4 Å². The lowest BCUT2D eigenvalue weighted by Crippen LogP contribution is -2.30. The van der Waals surface area contributed by atoms with E-state index in [1.165, 1.54) is 16.7 Å². The van der Waals surface area contributed by atoms with Crippen molar-refractivity contribution in [1.82, 2.24) is 4.90 Å². The van der Waals surface area contributed by atoms with Crippen molar-refractivity contribution in [2.75, 3.05) is 12.3 Å². The molecule has 0 spiro atoms. The topological polar surface area (TPSA) is 29.3 Å². The van der Waals surface area contributed by atoms with Crippen LogP contribution in [0, 0.1) is 0 Å². The third kappa shape index (κ3) is 2.78. The molecule has 0 saturated heterocycles. The van der Waals surface area contributed by atoms with Gasteiger partial charge in [-0.2, -0.15) is 0 Å². The van der Waals surface area contributed by atoms with Crippen molar-refractivity contribution in [2.24, 2.45) is 0 Å². The Bertz CT molecular complexity index is 640. The molecule has 0 atom stereocenters. The fraction of sp³-hybridized carbons (Fsp3) is 0.250. The van der Waals surface area contributed by atoms with Gasteiger partial charge in [0.1, 0.15) is 0 Å². The monoisotopic (exact) mass is 306 g/mol. The Hall–Kier alpha value is -1.22. The molecular weight excluding hydrogens is 291 g/mol. The molecule has 0 aromatic heterocycles. The quantitative estimate of drug-likeness (QED) is 0.845. The molecule has 4 heteroatoms. The summed E-state index contributed by atoms with van der Waals surface area (Å²) < 4.78 is 0. The number of rotatable bonds is 2. The highest BCUT2D eigenvalue weighted by atomic mass is 35.5. The summed E-state index contributed by atoms with van der Waals surface area (Å²) in [5, 5.41) is 1.22. The minimum atomic E-state index is 0.604. The fourth-order valence-corrected chi connectivity index (χ4v) is 3.05. The largest absolute Gasteiger partial charge is 0.398 e. The van der Waals surface area contributed by atoms with Crippen molar-refractivity contribution in [2.45, 2.75) is 19.5 Å². The van der Waals surface area contributed by atoms with E-state index in [1.807, 2.05) is 30.3 Å². The number of anilines is 1. The number of benzene rings is 2. The van der Waals surface area contributed by atoms with Gasteiger partial charge in [-0.05, 0) is 41.3 Å². The SMILES string of the molecule is Nc1cccc2c1CCN(Cc1ccc(Cl)c(Cl)c1)C2. The van der Waals surface area contributed by atoms with Crippen molar-refractivity contribution in [3.05, 3.63) is 63.1 Å². The first-order valence-electron chi connectivity index (χ1n) is 6.66. The Kier molecular flexibility index (Phi) is 3.88. The van der Waals surface area contributed by atoms with Crippen LogP contribution in [0.25, 0.3) is 0 Å². The molecule has 2 aromatic rings. The summed E-state index contributed by atoms with van der Waals surface area (Å²) in [6.07, 6.45) is 1.00. The van der Waals surface area contributed by atoms with E-state index in [4.69, 9.17) is 28.9 Å². The number of nitrogen functional groups attached to an aromatic ring is 1. The molecule has 2 N–H and O–H groups in total. The number of fused-ring (bicyclic) bond motifs is 1. The zero-order chi connectivity index (χ0) is 14.1. The molecule has 0 bridgehead atoms. The maximum Gasteiger partial charge on any atom is 0.0595 e. The lowest BCUT2D eigenvalue weighted by atomic mass is 9.97. The lowest BCUT2D eigenvalue weighted by Gasteiger charge is -2.29. The third-order valence-electron chi connectivity index (χ3n) is 3.77. The predicted octanol–water partition coefficient (Wildman–Crippen LogP) is 4.13.